The Morgan fingerprint density at radius 2 is 1.75 bits per heavy atom. The van der Waals surface area contributed by atoms with E-state index in [2.05, 4.69) is 5.32 Å². The number of ether oxygens (including phenoxy) is 1. The van der Waals surface area contributed by atoms with Gasteiger partial charge < -0.3 is 19.9 Å². The Morgan fingerprint density at radius 1 is 1.07 bits per heavy atom. The van der Waals surface area contributed by atoms with Crippen LogP contribution in [0.5, 0.6) is 5.75 Å². The van der Waals surface area contributed by atoms with Crippen LogP contribution < -0.4 is 15.0 Å². The third-order valence-corrected chi connectivity index (χ3v) is 4.71. The smallest absolute Gasteiger partial charge is 0.416 e. The molecule has 2 aromatic carbocycles. The number of urea groups is 1. The van der Waals surface area contributed by atoms with Crippen LogP contribution >= 0.6 is 0 Å². The first-order valence-electron chi connectivity index (χ1n) is 8.95. The van der Waals surface area contributed by atoms with Gasteiger partial charge in [-0.2, -0.15) is 13.2 Å². The lowest BCUT2D eigenvalue weighted by molar-refractivity contribution is -0.137. The molecule has 5 nitrogen and oxygen atoms in total. The zero-order valence-corrected chi connectivity index (χ0v) is 15.5. The van der Waals surface area contributed by atoms with Gasteiger partial charge in [0.2, 0.25) is 0 Å². The predicted octanol–water partition coefficient (Wildman–Crippen LogP) is 3.75. The lowest BCUT2D eigenvalue weighted by atomic mass is 10.1. The second-order valence-electron chi connectivity index (χ2n) is 6.53. The van der Waals surface area contributed by atoms with Crippen LogP contribution in [-0.4, -0.2) is 44.2 Å². The van der Waals surface area contributed by atoms with Gasteiger partial charge in [-0.1, -0.05) is 18.2 Å². The standard InChI is InChI=1S/C20H22F3N3O2/c1-28-18-7-5-15(6-8-18)14-24-19(27)26-11-9-25(10-12-26)17-4-2-3-16(13-17)20(21,22)23/h2-8,13H,9-12,14H2,1H3,(H,24,27). The van der Waals surface area contributed by atoms with Gasteiger partial charge in [0.25, 0.3) is 0 Å². The zero-order valence-electron chi connectivity index (χ0n) is 15.5. The fraction of sp³-hybridized carbons (Fsp3) is 0.350. The van der Waals surface area contributed by atoms with E-state index in [1.165, 1.54) is 6.07 Å². The number of carbonyl (C=O) groups excluding carboxylic acids is 1. The van der Waals surface area contributed by atoms with Gasteiger partial charge in [0.05, 0.1) is 12.7 Å². The summed E-state index contributed by atoms with van der Waals surface area (Å²) in [5.74, 6) is 0.751. The second kappa shape index (κ2) is 8.41. The number of piperazine rings is 1. The Morgan fingerprint density at radius 3 is 2.36 bits per heavy atom. The SMILES string of the molecule is COc1ccc(CNC(=O)N2CCN(c3cccc(C(F)(F)F)c3)CC2)cc1. The Labute approximate surface area is 161 Å². The third kappa shape index (κ3) is 4.88. The van der Waals surface area contributed by atoms with Crippen LogP contribution in [0.25, 0.3) is 0 Å². The van der Waals surface area contributed by atoms with Crippen LogP contribution in [0, 0.1) is 0 Å². The zero-order chi connectivity index (χ0) is 20.1. The molecule has 0 saturated carbocycles. The predicted molar refractivity (Wildman–Crippen MR) is 100 cm³/mol. The molecule has 1 heterocycles. The maximum absolute atomic E-state index is 12.9. The maximum Gasteiger partial charge on any atom is 0.416 e. The highest BCUT2D eigenvalue weighted by Crippen LogP contribution is 2.31. The van der Waals surface area contributed by atoms with E-state index in [0.717, 1.165) is 23.4 Å². The molecule has 150 valence electrons. The van der Waals surface area contributed by atoms with E-state index in [0.29, 0.717) is 38.4 Å². The maximum atomic E-state index is 12.9. The van der Waals surface area contributed by atoms with Gasteiger partial charge in [0.15, 0.2) is 0 Å². The molecule has 3 rings (SSSR count). The molecule has 0 atom stereocenters. The summed E-state index contributed by atoms with van der Waals surface area (Å²) < 4.78 is 43.8. The van der Waals surface area contributed by atoms with Crippen molar-refractivity contribution in [1.82, 2.24) is 10.2 Å². The number of nitrogens with zero attached hydrogens (tertiary/aromatic N) is 2. The van der Waals surface area contributed by atoms with Gasteiger partial charge in [-0.05, 0) is 35.9 Å². The molecule has 0 spiro atoms. The molecular formula is C20H22F3N3O2. The van der Waals surface area contributed by atoms with E-state index < -0.39 is 11.7 Å². The monoisotopic (exact) mass is 393 g/mol. The lowest BCUT2D eigenvalue weighted by Crippen LogP contribution is -2.51. The number of alkyl halides is 3. The molecule has 1 aliphatic heterocycles. The molecule has 1 N–H and O–H groups in total. The molecule has 0 unspecified atom stereocenters. The summed E-state index contributed by atoms with van der Waals surface area (Å²) in [7, 11) is 1.59. The number of halogens is 3. The van der Waals surface area contributed by atoms with Gasteiger partial charge >= 0.3 is 12.2 Å². The molecular weight excluding hydrogens is 371 g/mol. The molecule has 0 aromatic heterocycles. The van der Waals surface area contributed by atoms with Gasteiger partial charge in [0, 0.05) is 38.4 Å². The van der Waals surface area contributed by atoms with Crippen molar-refractivity contribution in [2.75, 3.05) is 38.2 Å². The fourth-order valence-electron chi connectivity index (χ4n) is 3.08. The van der Waals surface area contributed by atoms with Crippen LogP contribution in [-0.2, 0) is 12.7 Å². The Balaban J connectivity index is 1.51. The Bertz CT molecular complexity index is 801. The van der Waals surface area contributed by atoms with Gasteiger partial charge in [-0.15, -0.1) is 0 Å². The van der Waals surface area contributed by atoms with Gasteiger partial charge in [-0.25, -0.2) is 4.79 Å². The summed E-state index contributed by atoms with van der Waals surface area (Å²) in [5.41, 5.74) is 0.814. The van der Waals surface area contributed by atoms with Crippen molar-refractivity contribution in [3.05, 3.63) is 59.7 Å². The summed E-state index contributed by atoms with van der Waals surface area (Å²) in [6.07, 6.45) is -4.36. The van der Waals surface area contributed by atoms with E-state index in [-0.39, 0.29) is 6.03 Å². The molecule has 0 aliphatic carbocycles. The van der Waals surface area contributed by atoms with Gasteiger partial charge in [0.1, 0.15) is 5.75 Å². The van der Waals surface area contributed by atoms with Crippen molar-refractivity contribution in [3.8, 4) is 5.75 Å². The normalized spacial score (nSPS) is 14.7. The number of anilines is 1. The fourth-order valence-corrected chi connectivity index (χ4v) is 3.08. The van der Waals surface area contributed by atoms with E-state index in [4.69, 9.17) is 4.74 Å². The van der Waals surface area contributed by atoms with E-state index in [9.17, 15) is 18.0 Å². The highest BCUT2D eigenvalue weighted by atomic mass is 19.4. The second-order valence-corrected chi connectivity index (χ2v) is 6.53. The minimum Gasteiger partial charge on any atom is -0.497 e. The highest BCUT2D eigenvalue weighted by molar-refractivity contribution is 5.74. The molecule has 1 aliphatic rings. The van der Waals surface area contributed by atoms with E-state index in [1.807, 2.05) is 29.2 Å². The number of rotatable bonds is 4. The van der Waals surface area contributed by atoms with Crippen molar-refractivity contribution in [2.24, 2.45) is 0 Å². The minimum atomic E-state index is -4.36. The van der Waals surface area contributed by atoms with Crippen LogP contribution in [0.3, 0.4) is 0 Å². The van der Waals surface area contributed by atoms with Crippen LogP contribution in [0.15, 0.2) is 48.5 Å². The first kappa shape index (κ1) is 19.9. The van der Waals surface area contributed by atoms with E-state index >= 15 is 0 Å². The largest absolute Gasteiger partial charge is 0.497 e. The Kier molecular flexibility index (Phi) is 5.96. The highest BCUT2D eigenvalue weighted by Gasteiger charge is 2.31. The van der Waals surface area contributed by atoms with Crippen molar-refractivity contribution in [2.45, 2.75) is 12.7 Å². The molecule has 8 heteroatoms. The topological polar surface area (TPSA) is 44.8 Å². The van der Waals surface area contributed by atoms with Crippen LogP contribution in [0.2, 0.25) is 0 Å². The molecule has 0 radical (unpaired) electrons. The molecule has 1 fully saturated rings. The summed E-state index contributed by atoms with van der Waals surface area (Å²) in [6.45, 7) is 2.26. The molecule has 1 saturated heterocycles. The molecule has 0 bridgehead atoms. The van der Waals surface area contributed by atoms with E-state index in [1.54, 1.807) is 18.1 Å². The molecule has 2 amide bonds. The van der Waals surface area contributed by atoms with Crippen molar-refractivity contribution < 1.29 is 22.7 Å². The van der Waals surface area contributed by atoms with Crippen molar-refractivity contribution in [3.63, 3.8) is 0 Å². The number of carbonyl (C=O) groups is 1. The van der Waals surface area contributed by atoms with Gasteiger partial charge in [-0.3, -0.25) is 0 Å². The lowest BCUT2D eigenvalue weighted by Gasteiger charge is -2.36. The first-order chi connectivity index (χ1) is 13.4. The summed E-state index contributed by atoms with van der Waals surface area (Å²) >= 11 is 0. The minimum absolute atomic E-state index is 0.181. The third-order valence-electron chi connectivity index (χ3n) is 4.71. The molecule has 2 aromatic rings. The first-order valence-corrected chi connectivity index (χ1v) is 8.95. The Hall–Kier alpha value is -2.90. The summed E-state index contributed by atoms with van der Waals surface area (Å²) in [4.78, 5) is 15.9. The number of nitrogens with one attached hydrogen (secondary N) is 1. The average molecular weight is 393 g/mol. The number of amides is 2. The number of methoxy groups -OCH3 is 1. The average Bonchev–Trinajstić information content (AvgIpc) is 2.72. The number of benzene rings is 2. The molecule has 28 heavy (non-hydrogen) atoms. The quantitative estimate of drug-likeness (QED) is 0.861. The summed E-state index contributed by atoms with van der Waals surface area (Å²) in [6, 6.07) is 12.5. The number of hydrogen-bond donors (Lipinski definition) is 1. The number of hydrogen-bond acceptors (Lipinski definition) is 3. The summed E-state index contributed by atoms with van der Waals surface area (Å²) in [5, 5.41) is 2.87. The van der Waals surface area contributed by atoms with Crippen molar-refractivity contribution >= 4 is 11.7 Å². The van der Waals surface area contributed by atoms with Crippen LogP contribution in [0.1, 0.15) is 11.1 Å². The van der Waals surface area contributed by atoms with Crippen molar-refractivity contribution in [1.29, 1.82) is 0 Å². The van der Waals surface area contributed by atoms with Crippen LogP contribution in [0.4, 0.5) is 23.7 Å².